The van der Waals surface area contributed by atoms with E-state index >= 15 is 0 Å². The standard InChI is InChI=1S/C22H27N3O4S/c1-3-4-11-23-21(26)17-9-10-18-19(12-17)25-22(27)20(24-18)14-30(28,29)13-16-7-5-15(2)6-8-16/h5-10,12,20,24H,3-4,11,13-14H2,1-2H3,(H,23,26)(H,25,27)/t20-/m1/s1. The van der Waals surface area contributed by atoms with Crippen molar-refractivity contribution in [1.29, 1.82) is 0 Å². The van der Waals surface area contributed by atoms with E-state index in [0.717, 1.165) is 18.4 Å². The molecule has 2 aromatic rings. The maximum atomic E-state index is 12.6. The molecule has 1 aliphatic heterocycles. The van der Waals surface area contributed by atoms with E-state index in [1.54, 1.807) is 30.3 Å². The molecule has 3 rings (SSSR count). The van der Waals surface area contributed by atoms with Crippen LogP contribution < -0.4 is 16.0 Å². The Hall–Kier alpha value is -2.87. The molecule has 30 heavy (non-hydrogen) atoms. The second-order valence-electron chi connectivity index (χ2n) is 7.60. The molecule has 1 aliphatic rings. The Morgan fingerprint density at radius 3 is 2.53 bits per heavy atom. The predicted octanol–water partition coefficient (Wildman–Crippen LogP) is 2.87. The molecule has 0 aliphatic carbocycles. The fraction of sp³-hybridized carbons (Fsp3) is 0.364. The van der Waals surface area contributed by atoms with Crippen molar-refractivity contribution in [2.24, 2.45) is 0 Å². The van der Waals surface area contributed by atoms with Gasteiger partial charge in [0.1, 0.15) is 6.04 Å². The first-order valence-corrected chi connectivity index (χ1v) is 11.8. The minimum atomic E-state index is -3.50. The highest BCUT2D eigenvalue weighted by atomic mass is 32.2. The van der Waals surface area contributed by atoms with Crippen LogP contribution in [0.3, 0.4) is 0 Å². The third-order valence-electron chi connectivity index (χ3n) is 4.93. The van der Waals surface area contributed by atoms with Crippen LogP contribution in [0.25, 0.3) is 0 Å². The molecule has 0 saturated heterocycles. The van der Waals surface area contributed by atoms with Crippen LogP contribution in [0.2, 0.25) is 0 Å². The van der Waals surface area contributed by atoms with Gasteiger partial charge in [-0.05, 0) is 37.1 Å². The molecule has 0 spiro atoms. The zero-order valence-electron chi connectivity index (χ0n) is 17.2. The Kier molecular flexibility index (Phi) is 6.77. The summed E-state index contributed by atoms with van der Waals surface area (Å²) in [5.41, 5.74) is 3.25. The second kappa shape index (κ2) is 9.30. The molecule has 1 heterocycles. The molecule has 2 amide bonds. The Morgan fingerprint density at radius 1 is 1.10 bits per heavy atom. The summed E-state index contributed by atoms with van der Waals surface area (Å²) in [6.07, 6.45) is 1.88. The molecule has 0 fully saturated rings. The zero-order chi connectivity index (χ0) is 21.7. The number of aryl methyl sites for hydroxylation is 1. The predicted molar refractivity (Wildman–Crippen MR) is 118 cm³/mol. The monoisotopic (exact) mass is 429 g/mol. The molecule has 160 valence electrons. The summed E-state index contributed by atoms with van der Waals surface area (Å²) in [7, 11) is -3.50. The molecule has 0 unspecified atom stereocenters. The summed E-state index contributed by atoms with van der Waals surface area (Å²) < 4.78 is 25.2. The maximum absolute atomic E-state index is 12.6. The molecule has 0 radical (unpaired) electrons. The van der Waals surface area contributed by atoms with Crippen LogP contribution in [0, 0.1) is 6.92 Å². The first-order chi connectivity index (χ1) is 14.3. The molecule has 3 N–H and O–H groups in total. The van der Waals surface area contributed by atoms with Crippen LogP contribution in [0.1, 0.15) is 41.3 Å². The highest BCUT2D eigenvalue weighted by Gasteiger charge is 2.30. The quantitative estimate of drug-likeness (QED) is 0.560. The fourth-order valence-electron chi connectivity index (χ4n) is 3.24. The van der Waals surface area contributed by atoms with E-state index in [9.17, 15) is 18.0 Å². The number of carbonyl (C=O) groups excluding carboxylic acids is 2. The summed E-state index contributed by atoms with van der Waals surface area (Å²) in [5.74, 6) is -1.07. The molecular formula is C22H27N3O4S. The second-order valence-corrected chi connectivity index (χ2v) is 9.71. The molecule has 7 nitrogen and oxygen atoms in total. The number of fused-ring (bicyclic) bond motifs is 1. The van der Waals surface area contributed by atoms with E-state index in [-0.39, 0.29) is 17.4 Å². The molecule has 0 saturated carbocycles. The Morgan fingerprint density at radius 2 is 1.83 bits per heavy atom. The van der Waals surface area contributed by atoms with Gasteiger partial charge in [-0.25, -0.2) is 8.42 Å². The van der Waals surface area contributed by atoms with Crippen LogP contribution in [-0.2, 0) is 20.4 Å². The first kappa shape index (κ1) is 21.8. The molecule has 1 atom stereocenters. The van der Waals surface area contributed by atoms with Crippen molar-refractivity contribution < 1.29 is 18.0 Å². The van der Waals surface area contributed by atoms with Crippen molar-refractivity contribution in [3.63, 3.8) is 0 Å². The molecule has 0 bridgehead atoms. The number of hydrogen-bond donors (Lipinski definition) is 3. The average molecular weight is 430 g/mol. The minimum Gasteiger partial charge on any atom is -0.371 e. The van der Waals surface area contributed by atoms with Gasteiger partial charge in [0.15, 0.2) is 9.84 Å². The summed E-state index contributed by atoms with van der Waals surface area (Å²) in [5, 5.41) is 8.55. The van der Waals surface area contributed by atoms with Gasteiger partial charge >= 0.3 is 0 Å². The van der Waals surface area contributed by atoms with E-state index < -0.39 is 21.8 Å². The summed E-state index contributed by atoms with van der Waals surface area (Å²) in [6, 6.07) is 11.3. The number of nitrogens with one attached hydrogen (secondary N) is 3. The van der Waals surface area contributed by atoms with Gasteiger partial charge in [0, 0.05) is 12.1 Å². The average Bonchev–Trinajstić information content (AvgIpc) is 2.69. The largest absolute Gasteiger partial charge is 0.371 e. The third kappa shape index (κ3) is 5.60. The number of anilines is 2. The van der Waals surface area contributed by atoms with Crippen LogP contribution in [-0.4, -0.2) is 38.6 Å². The molecule has 2 aromatic carbocycles. The number of sulfone groups is 1. The van der Waals surface area contributed by atoms with E-state index in [2.05, 4.69) is 16.0 Å². The smallest absolute Gasteiger partial charge is 0.251 e. The topological polar surface area (TPSA) is 104 Å². The van der Waals surface area contributed by atoms with Gasteiger partial charge in [-0.3, -0.25) is 9.59 Å². The van der Waals surface area contributed by atoms with Crippen molar-refractivity contribution in [3.8, 4) is 0 Å². The van der Waals surface area contributed by atoms with Crippen LogP contribution in [0.15, 0.2) is 42.5 Å². The van der Waals surface area contributed by atoms with Gasteiger partial charge in [0.25, 0.3) is 5.91 Å². The number of rotatable bonds is 8. The molecule has 0 aromatic heterocycles. The Balaban J connectivity index is 1.67. The van der Waals surface area contributed by atoms with E-state index in [0.29, 0.717) is 29.0 Å². The van der Waals surface area contributed by atoms with E-state index in [1.165, 1.54) is 0 Å². The molecule has 8 heteroatoms. The summed E-state index contributed by atoms with van der Waals surface area (Å²) in [6.45, 7) is 4.58. The lowest BCUT2D eigenvalue weighted by atomic mass is 10.1. The lowest BCUT2D eigenvalue weighted by Crippen LogP contribution is -2.43. The van der Waals surface area contributed by atoms with Gasteiger partial charge < -0.3 is 16.0 Å². The number of benzene rings is 2. The normalized spacial score (nSPS) is 15.7. The van der Waals surface area contributed by atoms with Gasteiger partial charge in [-0.2, -0.15) is 0 Å². The van der Waals surface area contributed by atoms with Gasteiger partial charge in [-0.1, -0.05) is 43.2 Å². The molecular weight excluding hydrogens is 402 g/mol. The minimum absolute atomic E-state index is 0.123. The van der Waals surface area contributed by atoms with E-state index in [4.69, 9.17) is 0 Å². The summed E-state index contributed by atoms with van der Waals surface area (Å²) >= 11 is 0. The zero-order valence-corrected chi connectivity index (χ0v) is 18.0. The van der Waals surface area contributed by atoms with Crippen LogP contribution in [0.5, 0.6) is 0 Å². The number of amides is 2. The lowest BCUT2D eigenvalue weighted by molar-refractivity contribution is -0.116. The van der Waals surface area contributed by atoms with Crippen molar-refractivity contribution in [1.82, 2.24) is 5.32 Å². The van der Waals surface area contributed by atoms with Crippen molar-refractivity contribution in [2.75, 3.05) is 22.9 Å². The summed E-state index contributed by atoms with van der Waals surface area (Å²) in [4.78, 5) is 24.7. The van der Waals surface area contributed by atoms with Gasteiger partial charge in [0.2, 0.25) is 5.91 Å². The highest BCUT2D eigenvalue weighted by Crippen LogP contribution is 2.28. The van der Waals surface area contributed by atoms with E-state index in [1.807, 2.05) is 26.0 Å². The van der Waals surface area contributed by atoms with Crippen molar-refractivity contribution >= 4 is 33.0 Å². The van der Waals surface area contributed by atoms with Crippen molar-refractivity contribution in [2.45, 2.75) is 38.5 Å². The maximum Gasteiger partial charge on any atom is 0.251 e. The van der Waals surface area contributed by atoms with Crippen molar-refractivity contribution in [3.05, 3.63) is 59.2 Å². The third-order valence-corrected chi connectivity index (χ3v) is 6.54. The first-order valence-electron chi connectivity index (χ1n) is 10.0. The van der Waals surface area contributed by atoms with Crippen LogP contribution >= 0.6 is 0 Å². The number of hydrogen-bond acceptors (Lipinski definition) is 5. The number of unbranched alkanes of at least 4 members (excludes halogenated alkanes) is 1. The highest BCUT2D eigenvalue weighted by molar-refractivity contribution is 7.90. The number of carbonyl (C=O) groups is 2. The lowest BCUT2D eigenvalue weighted by Gasteiger charge is -2.27. The van der Waals surface area contributed by atoms with Gasteiger partial charge in [0.05, 0.1) is 22.9 Å². The fourth-order valence-corrected chi connectivity index (χ4v) is 4.80. The van der Waals surface area contributed by atoms with Gasteiger partial charge in [-0.15, -0.1) is 0 Å². The Bertz CT molecular complexity index is 1030. The van der Waals surface area contributed by atoms with Crippen LogP contribution in [0.4, 0.5) is 11.4 Å². The Labute approximate surface area is 177 Å². The SMILES string of the molecule is CCCCNC(=O)c1ccc2c(c1)NC(=O)[C@@H](CS(=O)(=O)Cc1ccc(C)cc1)N2.